The highest BCUT2D eigenvalue weighted by Gasteiger charge is 2.15. The van der Waals surface area contributed by atoms with Gasteiger partial charge in [0.15, 0.2) is 0 Å². The van der Waals surface area contributed by atoms with E-state index in [1.807, 2.05) is 12.2 Å². The van der Waals surface area contributed by atoms with Crippen LogP contribution in [0.4, 0.5) is 0 Å². The first-order valence-corrected chi connectivity index (χ1v) is 17.5. The predicted octanol–water partition coefficient (Wildman–Crippen LogP) is 11.2. The Morgan fingerprint density at radius 2 is 0.575 bits per heavy atom. The topological polar surface area (TPSA) is 0 Å². The van der Waals surface area contributed by atoms with E-state index in [9.17, 15) is 0 Å². The SMILES string of the molecule is C=C/C=C/CCCCCCCCCC[N+](C)(C)CCCCCC[N+](C)(C)CCCCCCCCCC/C=C/C=C. The summed E-state index contributed by atoms with van der Waals surface area (Å²) < 4.78 is 2.43. The minimum absolute atomic E-state index is 1.22. The van der Waals surface area contributed by atoms with E-state index in [0.717, 1.165) is 0 Å². The fraction of sp³-hybridized carbons (Fsp3) is 0.789. The normalized spacial score (nSPS) is 12.6. The molecule has 0 aromatic rings. The number of rotatable bonds is 31. The van der Waals surface area contributed by atoms with Gasteiger partial charge in [-0.2, -0.15) is 0 Å². The molecule has 0 amide bonds. The molecule has 0 rings (SSSR count). The molecule has 2 heteroatoms. The fourth-order valence-corrected chi connectivity index (χ4v) is 5.77. The van der Waals surface area contributed by atoms with Gasteiger partial charge in [-0.25, -0.2) is 0 Å². The second-order valence-corrected chi connectivity index (χ2v) is 13.7. The van der Waals surface area contributed by atoms with E-state index in [0.29, 0.717) is 0 Å². The van der Waals surface area contributed by atoms with Crippen molar-refractivity contribution in [3.63, 3.8) is 0 Å². The van der Waals surface area contributed by atoms with E-state index >= 15 is 0 Å². The molecule has 40 heavy (non-hydrogen) atoms. The summed E-state index contributed by atoms with van der Waals surface area (Å²) in [6.45, 7) is 12.9. The Labute approximate surface area is 253 Å². The molecule has 2 nitrogen and oxygen atoms in total. The average Bonchev–Trinajstić information content (AvgIpc) is 2.91. The van der Waals surface area contributed by atoms with Crippen LogP contribution in [0.2, 0.25) is 0 Å². The summed E-state index contributed by atoms with van der Waals surface area (Å²) in [5.74, 6) is 0. The molecular formula is C38H74N2+2. The van der Waals surface area contributed by atoms with Crippen molar-refractivity contribution in [2.45, 2.75) is 141 Å². The van der Waals surface area contributed by atoms with Gasteiger partial charge in [0.25, 0.3) is 0 Å². The third kappa shape index (κ3) is 29.9. The van der Waals surface area contributed by atoms with E-state index in [2.05, 4.69) is 65.7 Å². The van der Waals surface area contributed by atoms with Gasteiger partial charge >= 0.3 is 0 Å². The fourth-order valence-electron chi connectivity index (χ4n) is 5.77. The molecule has 0 atom stereocenters. The summed E-state index contributed by atoms with van der Waals surface area (Å²) in [4.78, 5) is 0. The van der Waals surface area contributed by atoms with Gasteiger partial charge in [-0.3, -0.25) is 0 Å². The van der Waals surface area contributed by atoms with Gasteiger partial charge in [0.05, 0.1) is 54.4 Å². The molecule has 0 aliphatic rings. The molecule has 0 fully saturated rings. The Morgan fingerprint density at radius 3 is 0.825 bits per heavy atom. The highest BCUT2D eigenvalue weighted by molar-refractivity contribution is 4.97. The molecule has 0 spiro atoms. The largest absolute Gasteiger partial charge is 0.328 e. The minimum atomic E-state index is 1.22. The molecule has 0 heterocycles. The van der Waals surface area contributed by atoms with Gasteiger partial charge < -0.3 is 8.97 Å². The Morgan fingerprint density at radius 1 is 0.350 bits per heavy atom. The molecule has 0 saturated heterocycles. The number of unbranched alkanes of at least 4 members (excludes halogenated alkanes) is 19. The smallest absolute Gasteiger partial charge is 0.0782 e. The predicted molar refractivity (Wildman–Crippen MR) is 184 cm³/mol. The highest BCUT2D eigenvalue weighted by Crippen LogP contribution is 2.14. The average molecular weight is 559 g/mol. The summed E-state index contributed by atoms with van der Waals surface area (Å²) in [5.41, 5.74) is 0. The third-order valence-corrected chi connectivity index (χ3v) is 8.59. The monoisotopic (exact) mass is 559 g/mol. The molecule has 0 radical (unpaired) electrons. The molecular weight excluding hydrogens is 484 g/mol. The summed E-state index contributed by atoms with van der Waals surface area (Å²) in [5, 5.41) is 0. The van der Waals surface area contributed by atoms with Crippen LogP contribution < -0.4 is 0 Å². The zero-order valence-corrected chi connectivity index (χ0v) is 28.2. The lowest BCUT2D eigenvalue weighted by molar-refractivity contribution is -0.891. The van der Waals surface area contributed by atoms with Gasteiger partial charge in [0.1, 0.15) is 0 Å². The van der Waals surface area contributed by atoms with Crippen LogP contribution in [0.3, 0.4) is 0 Å². The maximum Gasteiger partial charge on any atom is 0.0782 e. The van der Waals surface area contributed by atoms with Gasteiger partial charge in [-0.1, -0.05) is 114 Å². The maximum absolute atomic E-state index is 3.72. The van der Waals surface area contributed by atoms with Crippen molar-refractivity contribution in [3.8, 4) is 0 Å². The van der Waals surface area contributed by atoms with Crippen molar-refractivity contribution in [1.82, 2.24) is 0 Å². The van der Waals surface area contributed by atoms with Crippen LogP contribution >= 0.6 is 0 Å². The number of hydrogen-bond acceptors (Lipinski definition) is 0. The molecule has 0 aliphatic carbocycles. The van der Waals surface area contributed by atoms with E-state index in [1.54, 1.807) is 0 Å². The minimum Gasteiger partial charge on any atom is -0.328 e. The lowest BCUT2D eigenvalue weighted by atomic mass is 10.1. The van der Waals surface area contributed by atoms with Crippen molar-refractivity contribution >= 4 is 0 Å². The summed E-state index contributed by atoms with van der Waals surface area (Å²) in [6, 6.07) is 0. The van der Waals surface area contributed by atoms with Crippen LogP contribution in [0.5, 0.6) is 0 Å². The van der Waals surface area contributed by atoms with Gasteiger partial charge in [-0.05, 0) is 77.0 Å². The maximum atomic E-state index is 3.72. The van der Waals surface area contributed by atoms with Crippen LogP contribution in [0.1, 0.15) is 141 Å². The Balaban J connectivity index is 3.54. The molecule has 0 aromatic carbocycles. The Kier molecular flexibility index (Phi) is 27.2. The van der Waals surface area contributed by atoms with Crippen molar-refractivity contribution in [2.75, 3.05) is 54.4 Å². The summed E-state index contributed by atoms with van der Waals surface area (Å²) >= 11 is 0. The van der Waals surface area contributed by atoms with E-state index in [4.69, 9.17) is 0 Å². The quantitative estimate of drug-likeness (QED) is 0.0451. The molecule has 234 valence electrons. The van der Waals surface area contributed by atoms with Gasteiger partial charge in [0.2, 0.25) is 0 Å². The number of nitrogens with zero attached hydrogens (tertiary/aromatic N) is 2. The number of hydrogen-bond donors (Lipinski definition) is 0. The molecule has 0 unspecified atom stereocenters. The lowest BCUT2D eigenvalue weighted by Crippen LogP contribution is -2.41. The van der Waals surface area contributed by atoms with Crippen molar-refractivity contribution in [1.29, 1.82) is 0 Å². The first kappa shape index (κ1) is 38.9. The molecule has 0 bridgehead atoms. The zero-order valence-electron chi connectivity index (χ0n) is 28.2. The van der Waals surface area contributed by atoms with Crippen LogP contribution in [0, 0.1) is 0 Å². The molecule has 0 aromatic heterocycles. The first-order chi connectivity index (χ1) is 19.3. The summed E-state index contributed by atoms with van der Waals surface area (Å²) in [6.07, 6.45) is 42.9. The van der Waals surface area contributed by atoms with Crippen molar-refractivity contribution in [2.24, 2.45) is 0 Å². The second kappa shape index (κ2) is 28.0. The standard InChI is InChI=1S/C38H74N2/c1-7-9-11-13-15-17-19-21-23-25-27-31-35-39(3,4)37-33-29-30-34-38-40(5,6)36-32-28-26-24-22-20-18-16-14-12-10-8-2/h7-12H,1-2,13-38H2,3-6H3/q+2/b11-9+,12-10+. The molecule has 0 saturated carbocycles. The van der Waals surface area contributed by atoms with Gasteiger partial charge in [-0.15, -0.1) is 0 Å². The zero-order chi connectivity index (χ0) is 29.6. The number of allylic oxidation sites excluding steroid dienone is 6. The summed E-state index contributed by atoms with van der Waals surface area (Å²) in [7, 11) is 9.79. The van der Waals surface area contributed by atoms with Crippen LogP contribution in [-0.2, 0) is 0 Å². The Bertz CT molecular complexity index is 559. The molecule has 0 aliphatic heterocycles. The number of quaternary nitrogens is 2. The van der Waals surface area contributed by atoms with Crippen molar-refractivity contribution < 1.29 is 8.97 Å². The molecule has 0 N–H and O–H groups in total. The van der Waals surface area contributed by atoms with Crippen LogP contribution in [0.25, 0.3) is 0 Å². The third-order valence-electron chi connectivity index (χ3n) is 8.59. The van der Waals surface area contributed by atoms with E-state index in [1.165, 1.54) is 176 Å². The lowest BCUT2D eigenvalue weighted by Gasteiger charge is -2.31. The van der Waals surface area contributed by atoms with Crippen LogP contribution in [0.15, 0.2) is 49.6 Å². The first-order valence-electron chi connectivity index (χ1n) is 17.5. The van der Waals surface area contributed by atoms with E-state index in [-0.39, 0.29) is 0 Å². The van der Waals surface area contributed by atoms with Crippen molar-refractivity contribution in [3.05, 3.63) is 49.6 Å². The van der Waals surface area contributed by atoms with E-state index < -0.39 is 0 Å². The Hall–Kier alpha value is -1.12. The van der Waals surface area contributed by atoms with Gasteiger partial charge in [0, 0.05) is 0 Å². The highest BCUT2D eigenvalue weighted by atomic mass is 15.3. The van der Waals surface area contributed by atoms with Crippen LogP contribution in [-0.4, -0.2) is 63.3 Å². The second-order valence-electron chi connectivity index (χ2n) is 13.7.